The van der Waals surface area contributed by atoms with Crippen LogP contribution in [0.3, 0.4) is 0 Å². The van der Waals surface area contributed by atoms with Gasteiger partial charge in [-0.05, 0) is 11.6 Å². The number of carbonyl (C=O) groups is 1. The lowest BCUT2D eigenvalue weighted by Crippen LogP contribution is -2.26. The highest BCUT2D eigenvalue weighted by atomic mass is 32.2. The molecule has 104 valence electrons. The molecule has 1 aromatic rings. The Morgan fingerprint density at radius 1 is 1.32 bits per heavy atom. The summed E-state index contributed by atoms with van der Waals surface area (Å²) in [7, 11) is -3.54. The smallest absolute Gasteiger partial charge is 0.329 e. The minimum Gasteiger partial charge on any atom is -0.480 e. The number of nitrogens with one attached hydrogen (secondary N) is 1. The second-order valence-electron chi connectivity index (χ2n) is 3.60. The average molecular weight is 285 g/mol. The maximum Gasteiger partial charge on any atom is 0.329 e. The number of hydrogen-bond donors (Lipinski definition) is 2. The van der Waals surface area contributed by atoms with E-state index in [2.05, 4.69) is 4.72 Å². The summed E-state index contributed by atoms with van der Waals surface area (Å²) in [5, 5.41) is 9.36. The van der Waals surface area contributed by atoms with Gasteiger partial charge in [-0.2, -0.15) is 0 Å². The number of hydrogen-bond acceptors (Lipinski definition) is 4. The molecule has 2 N–H and O–H groups in total. The van der Waals surface area contributed by atoms with Crippen LogP contribution in [0.15, 0.2) is 35.7 Å². The molecule has 1 aromatic carbocycles. The van der Waals surface area contributed by atoms with Gasteiger partial charge in [-0.1, -0.05) is 30.3 Å². The van der Waals surface area contributed by atoms with Crippen molar-refractivity contribution >= 4 is 22.1 Å². The highest BCUT2D eigenvalue weighted by Crippen LogP contribution is 2.02. The van der Waals surface area contributed by atoms with E-state index in [1.54, 1.807) is 24.3 Å². The summed E-state index contributed by atoms with van der Waals surface area (Å²) in [6.07, 6.45) is 1.47. The number of ether oxygens (including phenoxy) is 1. The molecular weight excluding hydrogens is 270 g/mol. The lowest BCUT2D eigenvalue weighted by Gasteiger charge is -2.02. The van der Waals surface area contributed by atoms with Crippen LogP contribution in [0, 0.1) is 0 Å². The van der Waals surface area contributed by atoms with Crippen LogP contribution >= 0.6 is 0 Å². The molecule has 6 nitrogen and oxygen atoms in total. The molecule has 0 bridgehead atoms. The predicted octanol–water partition coefficient (Wildman–Crippen LogP) is 0.678. The van der Waals surface area contributed by atoms with Crippen molar-refractivity contribution in [1.29, 1.82) is 0 Å². The molecule has 0 heterocycles. The zero-order chi connectivity index (χ0) is 14.1. The third-order valence-corrected chi connectivity index (χ3v) is 3.12. The Labute approximate surface area is 111 Å². The second kappa shape index (κ2) is 7.67. The van der Waals surface area contributed by atoms with Gasteiger partial charge < -0.3 is 9.84 Å². The summed E-state index contributed by atoms with van der Waals surface area (Å²) in [5.74, 6) is -1.09. The van der Waals surface area contributed by atoms with Gasteiger partial charge in [-0.25, -0.2) is 17.9 Å². The van der Waals surface area contributed by atoms with Crippen molar-refractivity contribution in [3.8, 4) is 0 Å². The second-order valence-corrected chi connectivity index (χ2v) is 5.25. The minimum atomic E-state index is -3.54. The molecule has 0 aliphatic heterocycles. The third-order valence-electron chi connectivity index (χ3n) is 2.01. The van der Waals surface area contributed by atoms with Crippen molar-refractivity contribution in [3.63, 3.8) is 0 Å². The number of carboxylic acid groups (broad SMARTS) is 1. The Balaban J connectivity index is 2.36. The topological polar surface area (TPSA) is 92.7 Å². The molecule has 1 rings (SSSR count). The maximum atomic E-state index is 11.5. The molecule has 0 amide bonds. The van der Waals surface area contributed by atoms with Crippen LogP contribution in [-0.2, 0) is 19.6 Å². The summed E-state index contributed by atoms with van der Waals surface area (Å²) in [6.45, 7) is -0.416. The van der Waals surface area contributed by atoms with E-state index >= 15 is 0 Å². The Hall–Kier alpha value is -1.70. The Morgan fingerprint density at radius 2 is 2.00 bits per heavy atom. The van der Waals surface area contributed by atoms with E-state index in [1.807, 2.05) is 6.07 Å². The SMILES string of the molecule is O=C(O)COCCNS(=O)(=O)C=Cc1ccccc1. The molecule has 0 spiro atoms. The third kappa shape index (κ3) is 7.35. The lowest BCUT2D eigenvalue weighted by molar-refractivity contribution is -0.142. The van der Waals surface area contributed by atoms with Gasteiger partial charge in [-0.3, -0.25) is 0 Å². The average Bonchev–Trinajstić information content (AvgIpc) is 2.37. The molecule has 0 atom stereocenters. The van der Waals surface area contributed by atoms with Gasteiger partial charge in [0.25, 0.3) is 0 Å². The van der Waals surface area contributed by atoms with Gasteiger partial charge in [0.05, 0.1) is 6.61 Å². The van der Waals surface area contributed by atoms with E-state index in [0.717, 1.165) is 11.0 Å². The number of aliphatic carboxylic acids is 1. The number of benzene rings is 1. The minimum absolute atomic E-state index is 0.00467. The zero-order valence-corrected chi connectivity index (χ0v) is 11.0. The monoisotopic (exact) mass is 285 g/mol. The van der Waals surface area contributed by atoms with Crippen molar-refractivity contribution in [2.75, 3.05) is 19.8 Å². The van der Waals surface area contributed by atoms with E-state index in [-0.39, 0.29) is 13.2 Å². The van der Waals surface area contributed by atoms with Gasteiger partial charge in [0.1, 0.15) is 6.61 Å². The predicted molar refractivity (Wildman–Crippen MR) is 70.9 cm³/mol. The van der Waals surface area contributed by atoms with Crippen LogP contribution in [0.1, 0.15) is 5.56 Å². The van der Waals surface area contributed by atoms with Crippen molar-refractivity contribution in [3.05, 3.63) is 41.3 Å². The molecule has 0 radical (unpaired) electrons. The molecule has 0 aliphatic carbocycles. The standard InChI is InChI=1S/C12H15NO5S/c14-12(15)10-18-8-7-13-19(16,17)9-6-11-4-2-1-3-5-11/h1-6,9,13H,7-8,10H2,(H,14,15). The van der Waals surface area contributed by atoms with Gasteiger partial charge in [0.15, 0.2) is 0 Å². The lowest BCUT2D eigenvalue weighted by atomic mass is 10.2. The summed E-state index contributed by atoms with van der Waals surface area (Å²) >= 11 is 0. The highest BCUT2D eigenvalue weighted by molar-refractivity contribution is 7.92. The van der Waals surface area contributed by atoms with Crippen molar-refractivity contribution in [2.24, 2.45) is 0 Å². The molecule has 19 heavy (non-hydrogen) atoms. The molecular formula is C12H15NO5S. The quantitative estimate of drug-likeness (QED) is 0.685. The molecule has 0 unspecified atom stereocenters. The Morgan fingerprint density at radius 3 is 2.63 bits per heavy atom. The van der Waals surface area contributed by atoms with Gasteiger partial charge >= 0.3 is 5.97 Å². The van der Waals surface area contributed by atoms with Crippen molar-refractivity contribution < 1.29 is 23.1 Å². The van der Waals surface area contributed by atoms with E-state index in [4.69, 9.17) is 9.84 Å². The van der Waals surface area contributed by atoms with Crippen LogP contribution in [0.2, 0.25) is 0 Å². The first-order valence-corrected chi connectivity index (χ1v) is 7.06. The zero-order valence-electron chi connectivity index (χ0n) is 10.2. The van der Waals surface area contributed by atoms with Crippen molar-refractivity contribution in [1.82, 2.24) is 4.72 Å². The molecule has 7 heteroatoms. The van der Waals surface area contributed by atoms with Crippen LogP contribution in [0.5, 0.6) is 0 Å². The van der Waals surface area contributed by atoms with E-state index in [9.17, 15) is 13.2 Å². The highest BCUT2D eigenvalue weighted by Gasteiger charge is 2.04. The van der Waals surface area contributed by atoms with Gasteiger partial charge in [-0.15, -0.1) is 0 Å². The first kappa shape index (κ1) is 15.4. The molecule has 0 aliphatic rings. The fourth-order valence-electron chi connectivity index (χ4n) is 1.20. The summed E-state index contributed by atoms with van der Waals surface area (Å²) in [4.78, 5) is 10.1. The van der Waals surface area contributed by atoms with Crippen LogP contribution < -0.4 is 4.72 Å². The van der Waals surface area contributed by atoms with Gasteiger partial charge in [0.2, 0.25) is 10.0 Å². The largest absolute Gasteiger partial charge is 0.480 e. The molecule has 0 saturated carbocycles. The van der Waals surface area contributed by atoms with Gasteiger partial charge in [0, 0.05) is 12.0 Å². The maximum absolute atomic E-state index is 11.5. The number of sulfonamides is 1. The fraction of sp³-hybridized carbons (Fsp3) is 0.250. The molecule has 0 fully saturated rings. The van der Waals surface area contributed by atoms with Crippen molar-refractivity contribution in [2.45, 2.75) is 0 Å². The summed E-state index contributed by atoms with van der Waals surface area (Å²) in [6, 6.07) is 9.01. The Bertz CT molecular complexity index is 524. The molecule has 0 aromatic heterocycles. The fourth-order valence-corrected chi connectivity index (χ4v) is 2.00. The first-order valence-electron chi connectivity index (χ1n) is 5.52. The first-order chi connectivity index (χ1) is 8.99. The summed E-state index contributed by atoms with van der Waals surface area (Å²) < 4.78 is 30.0. The van der Waals surface area contributed by atoms with Crippen LogP contribution in [0.4, 0.5) is 0 Å². The van der Waals surface area contributed by atoms with Crippen LogP contribution in [0.25, 0.3) is 6.08 Å². The van der Waals surface area contributed by atoms with Crippen LogP contribution in [-0.4, -0.2) is 39.3 Å². The number of carboxylic acids is 1. The number of rotatable bonds is 8. The molecule has 0 saturated heterocycles. The van der Waals surface area contributed by atoms with E-state index < -0.39 is 22.6 Å². The normalized spacial score (nSPS) is 11.8. The van der Waals surface area contributed by atoms with E-state index in [0.29, 0.717) is 0 Å². The Kier molecular flexibility index (Phi) is 6.20. The summed E-state index contributed by atoms with van der Waals surface area (Å²) in [5.41, 5.74) is 0.773. The van der Waals surface area contributed by atoms with E-state index in [1.165, 1.54) is 6.08 Å².